The molecule has 0 heterocycles. The summed E-state index contributed by atoms with van der Waals surface area (Å²) in [7, 11) is 0. The highest BCUT2D eigenvalue weighted by atomic mass is 127. The topological polar surface area (TPSA) is 12.0 Å². The van der Waals surface area contributed by atoms with Crippen LogP contribution in [0, 0.1) is 0 Å². The van der Waals surface area contributed by atoms with Crippen LogP contribution in [0.2, 0.25) is 0 Å². The molecule has 15 heavy (non-hydrogen) atoms. The molecule has 1 aliphatic carbocycles. The van der Waals surface area contributed by atoms with Crippen molar-refractivity contribution in [3.63, 3.8) is 0 Å². The Bertz CT molecular complexity index is 124. The van der Waals surface area contributed by atoms with Gasteiger partial charge in [0.2, 0.25) is 0 Å². The van der Waals surface area contributed by atoms with Gasteiger partial charge in [0.1, 0.15) is 0 Å². The molecule has 0 unspecified atom stereocenters. The maximum Gasteiger partial charge on any atom is 0.0172 e. The Morgan fingerprint density at radius 2 is 0.933 bits per heavy atom. The molecule has 1 N–H and O–H groups in total. The molecule has 0 aromatic carbocycles. The summed E-state index contributed by atoms with van der Waals surface area (Å²) in [4.78, 5) is 0. The standard InChI is InChI=1S/C13H26IN/c14-15-13-11-9-7-5-3-1-2-4-6-8-10-12-13/h13,15H,1-12H2. The first-order valence-corrected chi connectivity index (χ1v) is 7.87. The van der Waals surface area contributed by atoms with Gasteiger partial charge in [-0.1, -0.05) is 64.2 Å². The molecule has 2 heteroatoms. The molecule has 0 amide bonds. The Balaban J connectivity index is 2.17. The van der Waals surface area contributed by atoms with Crippen LogP contribution in [-0.2, 0) is 0 Å². The molecule has 1 rings (SSSR count). The average molecular weight is 323 g/mol. The number of hydrogen-bond acceptors (Lipinski definition) is 1. The van der Waals surface area contributed by atoms with Gasteiger partial charge in [0.05, 0.1) is 0 Å². The fourth-order valence-corrected chi connectivity index (χ4v) is 3.07. The van der Waals surface area contributed by atoms with E-state index in [0.717, 1.165) is 6.04 Å². The first-order valence-electron chi connectivity index (χ1n) is 6.79. The van der Waals surface area contributed by atoms with Gasteiger partial charge in [-0.25, -0.2) is 0 Å². The molecular formula is C13H26IN. The molecule has 0 spiro atoms. The zero-order valence-corrected chi connectivity index (χ0v) is 12.1. The van der Waals surface area contributed by atoms with Crippen molar-refractivity contribution in [2.24, 2.45) is 0 Å². The molecular weight excluding hydrogens is 297 g/mol. The molecule has 0 saturated heterocycles. The van der Waals surface area contributed by atoms with Crippen LogP contribution < -0.4 is 3.53 Å². The molecule has 0 radical (unpaired) electrons. The molecule has 1 aliphatic rings. The summed E-state index contributed by atoms with van der Waals surface area (Å²) in [5, 5.41) is 0. The molecule has 0 aliphatic heterocycles. The Labute approximate surface area is 109 Å². The van der Waals surface area contributed by atoms with Gasteiger partial charge in [-0.3, -0.25) is 3.53 Å². The lowest BCUT2D eigenvalue weighted by atomic mass is 10.0. The molecule has 0 aromatic heterocycles. The third-order valence-corrected chi connectivity index (χ3v) is 4.39. The monoisotopic (exact) mass is 323 g/mol. The summed E-state index contributed by atoms with van der Waals surface area (Å²) < 4.78 is 3.44. The van der Waals surface area contributed by atoms with E-state index in [1.165, 1.54) is 77.0 Å². The second kappa shape index (κ2) is 9.88. The van der Waals surface area contributed by atoms with Crippen molar-refractivity contribution in [2.75, 3.05) is 0 Å². The Morgan fingerprint density at radius 3 is 1.27 bits per heavy atom. The largest absolute Gasteiger partial charge is 0.258 e. The van der Waals surface area contributed by atoms with E-state index in [1.54, 1.807) is 0 Å². The van der Waals surface area contributed by atoms with E-state index in [-0.39, 0.29) is 0 Å². The minimum Gasteiger partial charge on any atom is -0.258 e. The molecule has 90 valence electrons. The number of nitrogens with one attached hydrogen (secondary N) is 1. The second-order valence-electron chi connectivity index (χ2n) is 4.92. The lowest BCUT2D eigenvalue weighted by molar-refractivity contribution is 0.484. The van der Waals surface area contributed by atoms with Crippen LogP contribution in [0.5, 0.6) is 0 Å². The third-order valence-electron chi connectivity index (χ3n) is 3.51. The third kappa shape index (κ3) is 7.56. The molecule has 1 nitrogen and oxygen atoms in total. The highest BCUT2D eigenvalue weighted by Gasteiger charge is 2.06. The van der Waals surface area contributed by atoms with Gasteiger partial charge < -0.3 is 0 Å². The summed E-state index contributed by atoms with van der Waals surface area (Å²) in [5.41, 5.74) is 0. The van der Waals surface area contributed by atoms with Crippen molar-refractivity contribution >= 4 is 22.9 Å². The van der Waals surface area contributed by atoms with Crippen molar-refractivity contribution in [3.8, 4) is 0 Å². The van der Waals surface area contributed by atoms with Crippen molar-refractivity contribution in [3.05, 3.63) is 0 Å². The zero-order chi connectivity index (χ0) is 10.8. The summed E-state index contributed by atoms with van der Waals surface area (Å²) in [6.07, 6.45) is 17.4. The first kappa shape index (κ1) is 13.8. The van der Waals surface area contributed by atoms with Crippen LogP contribution in [0.3, 0.4) is 0 Å². The smallest absolute Gasteiger partial charge is 0.0172 e. The van der Waals surface area contributed by atoms with Gasteiger partial charge in [-0.2, -0.15) is 0 Å². The highest BCUT2D eigenvalue weighted by Crippen LogP contribution is 2.17. The van der Waals surface area contributed by atoms with Gasteiger partial charge in [0.25, 0.3) is 0 Å². The van der Waals surface area contributed by atoms with Crippen molar-refractivity contribution < 1.29 is 0 Å². The minimum absolute atomic E-state index is 0.784. The van der Waals surface area contributed by atoms with Gasteiger partial charge in [0, 0.05) is 28.9 Å². The molecule has 1 fully saturated rings. The summed E-state index contributed by atoms with van der Waals surface area (Å²) in [5.74, 6) is 0. The van der Waals surface area contributed by atoms with E-state index in [0.29, 0.717) is 0 Å². The molecule has 0 aromatic rings. The number of hydrogen-bond donors (Lipinski definition) is 1. The van der Waals surface area contributed by atoms with E-state index in [1.807, 2.05) is 0 Å². The van der Waals surface area contributed by atoms with E-state index >= 15 is 0 Å². The predicted octanol–water partition coefficient (Wildman–Crippen LogP) is 4.99. The maximum atomic E-state index is 3.44. The lowest BCUT2D eigenvalue weighted by Crippen LogP contribution is -2.19. The molecule has 0 bridgehead atoms. The van der Waals surface area contributed by atoms with Crippen molar-refractivity contribution in [1.82, 2.24) is 3.53 Å². The van der Waals surface area contributed by atoms with Crippen molar-refractivity contribution in [1.29, 1.82) is 0 Å². The van der Waals surface area contributed by atoms with Gasteiger partial charge >= 0.3 is 0 Å². The predicted molar refractivity (Wildman–Crippen MR) is 76.3 cm³/mol. The van der Waals surface area contributed by atoms with Crippen LogP contribution in [0.15, 0.2) is 0 Å². The Hall–Kier alpha value is 0.690. The van der Waals surface area contributed by atoms with Gasteiger partial charge in [0.15, 0.2) is 0 Å². The van der Waals surface area contributed by atoms with Crippen molar-refractivity contribution in [2.45, 2.75) is 83.1 Å². The Kier molecular flexibility index (Phi) is 9.06. The molecule has 0 atom stereocenters. The van der Waals surface area contributed by atoms with E-state index in [4.69, 9.17) is 0 Å². The maximum absolute atomic E-state index is 3.44. The quantitative estimate of drug-likeness (QED) is 0.529. The van der Waals surface area contributed by atoms with Crippen LogP contribution >= 0.6 is 22.9 Å². The van der Waals surface area contributed by atoms with E-state index in [9.17, 15) is 0 Å². The van der Waals surface area contributed by atoms with Gasteiger partial charge in [-0.15, -0.1) is 0 Å². The summed E-state index contributed by atoms with van der Waals surface area (Å²) >= 11 is 2.33. The highest BCUT2D eigenvalue weighted by molar-refractivity contribution is 14.1. The zero-order valence-electron chi connectivity index (χ0n) is 9.94. The lowest BCUT2D eigenvalue weighted by Gasteiger charge is -2.14. The average Bonchev–Trinajstić information content (AvgIpc) is 2.29. The fraction of sp³-hybridized carbons (Fsp3) is 1.00. The number of rotatable bonds is 1. The Morgan fingerprint density at radius 1 is 0.600 bits per heavy atom. The van der Waals surface area contributed by atoms with Crippen LogP contribution in [0.1, 0.15) is 77.0 Å². The van der Waals surface area contributed by atoms with Crippen LogP contribution in [0.4, 0.5) is 0 Å². The number of halogens is 1. The van der Waals surface area contributed by atoms with Crippen LogP contribution in [-0.4, -0.2) is 6.04 Å². The summed E-state index contributed by atoms with van der Waals surface area (Å²) in [6.45, 7) is 0. The minimum atomic E-state index is 0.784. The van der Waals surface area contributed by atoms with Crippen LogP contribution in [0.25, 0.3) is 0 Å². The van der Waals surface area contributed by atoms with E-state index in [2.05, 4.69) is 26.4 Å². The summed E-state index contributed by atoms with van der Waals surface area (Å²) in [6, 6.07) is 0.784. The second-order valence-corrected chi connectivity index (χ2v) is 5.54. The SMILES string of the molecule is INC1CCCCCCCCCCCC1. The molecule has 1 saturated carbocycles. The van der Waals surface area contributed by atoms with Gasteiger partial charge in [-0.05, 0) is 12.8 Å². The fourth-order valence-electron chi connectivity index (χ4n) is 2.45. The first-order chi connectivity index (χ1) is 7.43. The van der Waals surface area contributed by atoms with E-state index < -0.39 is 0 Å². The normalized spacial score (nSPS) is 23.8.